The number of rotatable bonds is 2. The topological polar surface area (TPSA) is 43.4 Å². The fraction of sp³-hybridized carbons (Fsp3) is 0.833. The maximum absolute atomic E-state index is 12.0. The van der Waals surface area contributed by atoms with Gasteiger partial charge in [0.1, 0.15) is 0 Å². The van der Waals surface area contributed by atoms with Crippen LogP contribution < -0.4 is 0 Å². The lowest BCUT2D eigenvalue weighted by molar-refractivity contribution is -0.149. The van der Waals surface area contributed by atoms with Gasteiger partial charge in [0, 0.05) is 18.8 Å². The minimum absolute atomic E-state index is 0.150. The highest BCUT2D eigenvalue weighted by atomic mass is 16.6. The third-order valence-electron chi connectivity index (χ3n) is 3.62. The van der Waals surface area contributed by atoms with Crippen molar-refractivity contribution < 1.29 is 14.3 Å². The molecule has 1 atom stereocenters. The molecule has 1 saturated carbocycles. The number of hydrogen-bond donors (Lipinski definition) is 0. The molecule has 2 rings (SSSR count). The van der Waals surface area contributed by atoms with Gasteiger partial charge in [0.15, 0.2) is 11.9 Å². The predicted octanol–water partition coefficient (Wildman–Crippen LogP) is 2.09. The Kier molecular flexibility index (Phi) is 3.08. The Labute approximate surface area is 90.2 Å². The lowest BCUT2D eigenvalue weighted by Gasteiger charge is -2.26. The monoisotopic (exact) mass is 210 g/mol. The van der Waals surface area contributed by atoms with Gasteiger partial charge in [-0.15, -0.1) is 0 Å². The maximum atomic E-state index is 12.0. The summed E-state index contributed by atoms with van der Waals surface area (Å²) in [5.41, 5.74) is 0. The van der Waals surface area contributed by atoms with Crippen LogP contribution in [0.3, 0.4) is 0 Å². The van der Waals surface area contributed by atoms with E-state index in [4.69, 9.17) is 4.74 Å². The van der Waals surface area contributed by atoms with Crippen LogP contribution in [0.4, 0.5) is 0 Å². The number of cyclic esters (lactones) is 1. The third kappa shape index (κ3) is 2.39. The van der Waals surface area contributed by atoms with Crippen LogP contribution in [-0.2, 0) is 14.3 Å². The Morgan fingerprint density at radius 2 is 1.87 bits per heavy atom. The molecule has 0 aromatic heterocycles. The first kappa shape index (κ1) is 10.7. The average molecular weight is 210 g/mol. The van der Waals surface area contributed by atoms with Crippen molar-refractivity contribution in [1.82, 2.24) is 0 Å². The number of ketones is 1. The first-order valence-electron chi connectivity index (χ1n) is 5.90. The highest BCUT2D eigenvalue weighted by Crippen LogP contribution is 2.31. The van der Waals surface area contributed by atoms with Crippen LogP contribution in [0.25, 0.3) is 0 Å². The molecule has 0 radical (unpaired) electrons. The quantitative estimate of drug-likeness (QED) is 0.655. The van der Waals surface area contributed by atoms with Crippen LogP contribution in [0.2, 0.25) is 0 Å². The van der Waals surface area contributed by atoms with Gasteiger partial charge in [0.05, 0.1) is 0 Å². The molecule has 15 heavy (non-hydrogen) atoms. The molecule has 3 heteroatoms. The molecule has 2 fully saturated rings. The Hall–Kier alpha value is -0.860. The van der Waals surface area contributed by atoms with Crippen molar-refractivity contribution in [2.24, 2.45) is 11.8 Å². The van der Waals surface area contributed by atoms with E-state index < -0.39 is 6.10 Å². The first-order chi connectivity index (χ1) is 7.16. The van der Waals surface area contributed by atoms with E-state index in [0.29, 0.717) is 12.8 Å². The van der Waals surface area contributed by atoms with E-state index in [1.807, 2.05) is 0 Å². The second-order valence-electron chi connectivity index (χ2n) is 4.88. The van der Waals surface area contributed by atoms with Crippen molar-refractivity contribution in [3.05, 3.63) is 0 Å². The van der Waals surface area contributed by atoms with Crippen molar-refractivity contribution >= 4 is 11.8 Å². The summed E-state index contributed by atoms with van der Waals surface area (Å²) in [6.45, 7) is 2.23. The molecule has 1 aliphatic heterocycles. The molecule has 0 amide bonds. The molecule has 0 bridgehead atoms. The molecule has 1 saturated heterocycles. The van der Waals surface area contributed by atoms with Crippen LogP contribution in [-0.4, -0.2) is 17.9 Å². The smallest absolute Gasteiger partial charge is 0.306 e. The van der Waals surface area contributed by atoms with Gasteiger partial charge < -0.3 is 4.74 Å². The molecule has 0 spiro atoms. The summed E-state index contributed by atoms with van der Waals surface area (Å²) in [4.78, 5) is 22.9. The molecule has 0 aromatic carbocycles. The van der Waals surface area contributed by atoms with Crippen molar-refractivity contribution in [3.63, 3.8) is 0 Å². The van der Waals surface area contributed by atoms with E-state index >= 15 is 0 Å². The summed E-state index contributed by atoms with van der Waals surface area (Å²) >= 11 is 0. The van der Waals surface area contributed by atoms with Gasteiger partial charge in [0.2, 0.25) is 0 Å². The Balaban J connectivity index is 1.88. The van der Waals surface area contributed by atoms with Crippen molar-refractivity contribution in [1.29, 1.82) is 0 Å². The van der Waals surface area contributed by atoms with Gasteiger partial charge in [-0.1, -0.05) is 19.8 Å². The molecular formula is C12H18O3. The molecule has 1 aliphatic carbocycles. The Bertz CT molecular complexity index is 264. The zero-order chi connectivity index (χ0) is 10.8. The molecule has 1 unspecified atom stereocenters. The predicted molar refractivity (Wildman–Crippen MR) is 55.2 cm³/mol. The number of esters is 1. The average Bonchev–Trinajstić information content (AvgIpc) is 2.65. The minimum Gasteiger partial charge on any atom is -0.454 e. The largest absolute Gasteiger partial charge is 0.454 e. The van der Waals surface area contributed by atoms with E-state index in [2.05, 4.69) is 6.92 Å². The van der Waals surface area contributed by atoms with E-state index in [-0.39, 0.29) is 17.7 Å². The number of carbonyl (C=O) groups excluding carboxylic acids is 2. The lowest BCUT2D eigenvalue weighted by atomic mass is 9.79. The van der Waals surface area contributed by atoms with Crippen molar-refractivity contribution in [2.75, 3.05) is 0 Å². The van der Waals surface area contributed by atoms with Gasteiger partial charge in [0.25, 0.3) is 0 Å². The Morgan fingerprint density at radius 1 is 1.20 bits per heavy atom. The van der Waals surface area contributed by atoms with Gasteiger partial charge >= 0.3 is 5.97 Å². The van der Waals surface area contributed by atoms with Crippen LogP contribution in [0.15, 0.2) is 0 Å². The lowest BCUT2D eigenvalue weighted by Crippen LogP contribution is -2.30. The summed E-state index contributed by atoms with van der Waals surface area (Å²) < 4.78 is 5.01. The van der Waals surface area contributed by atoms with Gasteiger partial charge in [-0.2, -0.15) is 0 Å². The third-order valence-corrected chi connectivity index (χ3v) is 3.62. The van der Waals surface area contributed by atoms with Crippen LogP contribution >= 0.6 is 0 Å². The van der Waals surface area contributed by atoms with Crippen molar-refractivity contribution in [3.8, 4) is 0 Å². The fourth-order valence-corrected chi connectivity index (χ4v) is 2.53. The highest BCUT2D eigenvalue weighted by Gasteiger charge is 2.35. The van der Waals surface area contributed by atoms with Crippen LogP contribution in [0, 0.1) is 11.8 Å². The van der Waals surface area contributed by atoms with E-state index in [1.165, 1.54) is 0 Å². The number of ether oxygens (including phenoxy) is 1. The molecule has 2 aliphatic rings. The van der Waals surface area contributed by atoms with Crippen LogP contribution in [0.1, 0.15) is 45.4 Å². The maximum Gasteiger partial charge on any atom is 0.306 e. The normalized spacial score (nSPS) is 36.3. The van der Waals surface area contributed by atoms with Crippen molar-refractivity contribution in [2.45, 2.75) is 51.6 Å². The summed E-state index contributed by atoms with van der Waals surface area (Å²) in [6, 6.07) is 0. The molecular weight excluding hydrogens is 192 g/mol. The SMILES string of the molecule is CC1CCC(C(=O)C2CCC(=O)O2)CC1. The van der Waals surface area contributed by atoms with Crippen LogP contribution in [0.5, 0.6) is 0 Å². The summed E-state index contributed by atoms with van der Waals surface area (Å²) in [7, 11) is 0. The first-order valence-corrected chi connectivity index (χ1v) is 5.90. The number of hydrogen-bond acceptors (Lipinski definition) is 3. The van der Waals surface area contributed by atoms with Gasteiger partial charge in [-0.25, -0.2) is 0 Å². The number of Topliss-reactive ketones (excluding diaryl/α,β-unsaturated/α-hetero) is 1. The zero-order valence-corrected chi connectivity index (χ0v) is 9.20. The molecule has 0 aromatic rings. The molecule has 0 N–H and O–H groups in total. The molecule has 1 heterocycles. The van der Waals surface area contributed by atoms with Gasteiger partial charge in [-0.05, 0) is 18.8 Å². The minimum atomic E-state index is -0.420. The second kappa shape index (κ2) is 4.33. The summed E-state index contributed by atoms with van der Waals surface area (Å²) in [5.74, 6) is 0.863. The zero-order valence-electron chi connectivity index (χ0n) is 9.20. The molecule has 3 nitrogen and oxygen atoms in total. The Morgan fingerprint density at radius 3 is 2.40 bits per heavy atom. The standard InChI is InChI=1S/C12H18O3/c1-8-2-4-9(5-3-8)12(14)10-6-7-11(13)15-10/h8-10H,2-7H2,1H3. The fourth-order valence-electron chi connectivity index (χ4n) is 2.53. The molecule has 84 valence electrons. The highest BCUT2D eigenvalue weighted by molar-refractivity contribution is 5.89. The van der Waals surface area contributed by atoms with E-state index in [1.54, 1.807) is 0 Å². The van der Waals surface area contributed by atoms with E-state index in [9.17, 15) is 9.59 Å². The second-order valence-corrected chi connectivity index (χ2v) is 4.88. The summed E-state index contributed by atoms with van der Waals surface area (Å²) in [6.07, 6.45) is 4.83. The number of carbonyl (C=O) groups is 2. The van der Waals surface area contributed by atoms with Gasteiger partial charge in [-0.3, -0.25) is 9.59 Å². The summed E-state index contributed by atoms with van der Waals surface area (Å²) in [5, 5.41) is 0. The van der Waals surface area contributed by atoms with E-state index in [0.717, 1.165) is 31.6 Å².